The third-order valence-corrected chi connectivity index (χ3v) is 3.50. The van der Waals surface area contributed by atoms with Gasteiger partial charge in [-0.15, -0.1) is 11.3 Å². The average molecular weight is 302 g/mol. The smallest absolute Gasteiger partial charge is 0.380 e. The first-order valence-electron chi connectivity index (χ1n) is 5.67. The molecule has 0 aliphatic heterocycles. The van der Waals surface area contributed by atoms with Crippen molar-refractivity contribution in [2.75, 3.05) is 13.7 Å². The lowest BCUT2D eigenvalue weighted by atomic mass is 10.2. The van der Waals surface area contributed by atoms with E-state index >= 15 is 0 Å². The zero-order valence-corrected chi connectivity index (χ0v) is 11.7. The van der Waals surface area contributed by atoms with E-state index in [-0.39, 0.29) is 16.4 Å². The predicted molar refractivity (Wildman–Crippen MR) is 68.3 cm³/mol. The Morgan fingerprint density at radius 1 is 1.30 bits per heavy atom. The maximum atomic E-state index is 11.6. The molecule has 0 radical (unpaired) electrons. The van der Waals surface area contributed by atoms with Crippen LogP contribution in [0.15, 0.2) is 12.1 Å². The zero-order valence-electron chi connectivity index (χ0n) is 10.9. The van der Waals surface area contributed by atoms with Gasteiger partial charge >= 0.3 is 11.9 Å². The predicted octanol–water partition coefficient (Wildman–Crippen LogP) is 0.0612. The second kappa shape index (κ2) is 7.13. The molecule has 20 heavy (non-hydrogen) atoms. The normalized spacial score (nSPS) is 13.4. The first-order chi connectivity index (χ1) is 9.42. The number of esters is 2. The van der Waals surface area contributed by atoms with Crippen LogP contribution in [0.5, 0.6) is 0 Å². The van der Waals surface area contributed by atoms with Crippen molar-refractivity contribution < 1.29 is 34.1 Å². The van der Waals surface area contributed by atoms with Crippen molar-refractivity contribution in [2.24, 2.45) is 0 Å². The summed E-state index contributed by atoms with van der Waals surface area (Å²) in [6.07, 6.45) is -3.29. The van der Waals surface area contributed by atoms with E-state index in [1.54, 1.807) is 6.92 Å². The lowest BCUT2D eigenvalue weighted by Gasteiger charge is -2.13. The van der Waals surface area contributed by atoms with Gasteiger partial charge in [0, 0.05) is 4.88 Å². The summed E-state index contributed by atoms with van der Waals surface area (Å²) in [5, 5.41) is 19.2. The van der Waals surface area contributed by atoms with Crippen molar-refractivity contribution in [1.82, 2.24) is 0 Å². The van der Waals surface area contributed by atoms with E-state index in [2.05, 4.69) is 9.47 Å². The van der Waals surface area contributed by atoms with Crippen molar-refractivity contribution in [2.45, 2.75) is 19.1 Å². The van der Waals surface area contributed by atoms with Crippen molar-refractivity contribution in [1.29, 1.82) is 0 Å². The number of carbonyl (C=O) groups excluding carboxylic acids is 3. The van der Waals surface area contributed by atoms with Gasteiger partial charge in [-0.05, 0) is 19.1 Å². The molecule has 1 heterocycles. The molecule has 8 heteroatoms. The summed E-state index contributed by atoms with van der Waals surface area (Å²) >= 11 is 0.791. The average Bonchev–Trinajstić information content (AvgIpc) is 2.93. The van der Waals surface area contributed by atoms with Gasteiger partial charge in [0.15, 0.2) is 6.10 Å². The molecule has 0 spiro atoms. The molecule has 2 N–H and O–H groups in total. The molecule has 1 rings (SSSR count). The van der Waals surface area contributed by atoms with E-state index in [1.807, 2.05) is 0 Å². The summed E-state index contributed by atoms with van der Waals surface area (Å²) < 4.78 is 8.86. The lowest BCUT2D eigenvalue weighted by Crippen LogP contribution is -2.28. The third kappa shape index (κ3) is 3.62. The standard InChI is InChI=1S/C12H14O7S/c1-3-19-12(17)9(14)7-5-4-6(20-7)8(13)10(15)11(16)18-2/h4-5,8,10,13,15H,3H2,1-2H3. The molecule has 2 atom stereocenters. The summed E-state index contributed by atoms with van der Waals surface area (Å²) in [5.41, 5.74) is 0. The highest BCUT2D eigenvalue weighted by Gasteiger charge is 2.29. The Kier molecular flexibility index (Phi) is 5.81. The minimum Gasteiger partial charge on any atom is -0.467 e. The second-order valence-corrected chi connectivity index (χ2v) is 4.78. The number of aliphatic hydroxyl groups is 2. The fourth-order valence-electron chi connectivity index (χ4n) is 1.34. The Morgan fingerprint density at radius 2 is 1.95 bits per heavy atom. The number of ether oxygens (including phenoxy) is 2. The van der Waals surface area contributed by atoms with E-state index in [9.17, 15) is 24.6 Å². The van der Waals surface area contributed by atoms with Gasteiger partial charge in [-0.25, -0.2) is 9.59 Å². The summed E-state index contributed by atoms with van der Waals surface area (Å²) in [4.78, 5) is 34.2. The van der Waals surface area contributed by atoms with Gasteiger partial charge in [0.1, 0.15) is 6.10 Å². The summed E-state index contributed by atoms with van der Waals surface area (Å²) in [7, 11) is 1.07. The Hall–Kier alpha value is -1.77. The van der Waals surface area contributed by atoms with Crippen LogP contribution in [-0.2, 0) is 19.1 Å². The van der Waals surface area contributed by atoms with Crippen LogP contribution in [-0.4, -0.2) is 47.8 Å². The number of methoxy groups -OCH3 is 1. The molecule has 0 bridgehead atoms. The van der Waals surface area contributed by atoms with Crippen molar-refractivity contribution in [3.8, 4) is 0 Å². The van der Waals surface area contributed by atoms with Gasteiger partial charge in [0.2, 0.25) is 0 Å². The van der Waals surface area contributed by atoms with Crippen LogP contribution in [0.1, 0.15) is 27.6 Å². The molecule has 110 valence electrons. The van der Waals surface area contributed by atoms with Gasteiger partial charge in [-0.3, -0.25) is 4.79 Å². The molecule has 0 fully saturated rings. The molecule has 2 unspecified atom stereocenters. The van der Waals surface area contributed by atoms with E-state index in [0.29, 0.717) is 0 Å². The molecule has 7 nitrogen and oxygen atoms in total. The van der Waals surface area contributed by atoms with E-state index in [1.165, 1.54) is 12.1 Å². The van der Waals surface area contributed by atoms with Crippen LogP contribution in [0.2, 0.25) is 0 Å². The molecule has 1 aromatic heterocycles. The Balaban J connectivity index is 2.84. The quantitative estimate of drug-likeness (QED) is 0.434. The van der Waals surface area contributed by atoms with Crippen LogP contribution in [0.25, 0.3) is 0 Å². The minimum absolute atomic E-state index is 0.0505. The third-order valence-electron chi connectivity index (χ3n) is 2.34. The van der Waals surface area contributed by atoms with Gasteiger partial charge in [-0.2, -0.15) is 0 Å². The van der Waals surface area contributed by atoms with Crippen LogP contribution in [0.4, 0.5) is 0 Å². The highest BCUT2D eigenvalue weighted by molar-refractivity contribution is 7.14. The van der Waals surface area contributed by atoms with Gasteiger partial charge in [-0.1, -0.05) is 0 Å². The first kappa shape index (κ1) is 16.3. The molecule has 0 aromatic carbocycles. The fourth-order valence-corrected chi connectivity index (χ4v) is 2.29. The number of ketones is 1. The molecule has 0 amide bonds. The number of thiophene rings is 1. The fraction of sp³-hybridized carbons (Fsp3) is 0.417. The number of carbonyl (C=O) groups is 3. The van der Waals surface area contributed by atoms with Crippen molar-refractivity contribution >= 4 is 29.1 Å². The maximum absolute atomic E-state index is 11.6. The topological polar surface area (TPSA) is 110 Å². The van der Waals surface area contributed by atoms with Crippen LogP contribution < -0.4 is 0 Å². The molecule has 0 aliphatic rings. The highest BCUT2D eigenvalue weighted by atomic mass is 32.1. The van der Waals surface area contributed by atoms with Crippen molar-refractivity contribution in [3.05, 3.63) is 21.9 Å². The minimum atomic E-state index is -1.76. The van der Waals surface area contributed by atoms with Crippen LogP contribution in [0.3, 0.4) is 0 Å². The molecule has 0 aliphatic carbocycles. The lowest BCUT2D eigenvalue weighted by molar-refractivity contribution is -0.156. The summed E-state index contributed by atoms with van der Waals surface area (Å²) in [6.45, 7) is 1.65. The number of Topliss-reactive ketones (excluding diaryl/α,β-unsaturated/α-hetero) is 1. The SMILES string of the molecule is CCOC(=O)C(=O)c1ccc(C(O)C(O)C(=O)OC)s1. The molecule has 0 saturated heterocycles. The maximum Gasteiger partial charge on any atom is 0.380 e. The highest BCUT2D eigenvalue weighted by Crippen LogP contribution is 2.26. The zero-order chi connectivity index (χ0) is 15.3. The monoisotopic (exact) mass is 302 g/mol. The molecule has 1 aromatic rings. The number of hydrogen-bond acceptors (Lipinski definition) is 8. The number of aliphatic hydroxyl groups excluding tert-OH is 2. The van der Waals surface area contributed by atoms with E-state index in [0.717, 1.165) is 18.4 Å². The van der Waals surface area contributed by atoms with Crippen LogP contribution >= 0.6 is 11.3 Å². The van der Waals surface area contributed by atoms with Crippen LogP contribution in [0, 0.1) is 0 Å². The number of rotatable bonds is 6. The van der Waals surface area contributed by atoms with Gasteiger partial charge in [0.05, 0.1) is 18.6 Å². The number of hydrogen-bond donors (Lipinski definition) is 2. The Bertz CT molecular complexity index is 508. The Morgan fingerprint density at radius 3 is 2.50 bits per heavy atom. The van der Waals surface area contributed by atoms with E-state index in [4.69, 9.17) is 0 Å². The van der Waals surface area contributed by atoms with Crippen molar-refractivity contribution in [3.63, 3.8) is 0 Å². The largest absolute Gasteiger partial charge is 0.467 e. The Labute approximate surface area is 118 Å². The summed E-state index contributed by atoms with van der Waals surface area (Å²) in [6, 6.07) is 2.65. The van der Waals surface area contributed by atoms with E-state index < -0.39 is 29.9 Å². The molecular weight excluding hydrogens is 288 g/mol. The molecule has 0 saturated carbocycles. The van der Waals surface area contributed by atoms with Gasteiger partial charge < -0.3 is 19.7 Å². The summed E-state index contributed by atoms with van der Waals surface area (Å²) in [5.74, 6) is -2.84. The van der Waals surface area contributed by atoms with Gasteiger partial charge in [0.25, 0.3) is 5.78 Å². The second-order valence-electron chi connectivity index (χ2n) is 3.66. The first-order valence-corrected chi connectivity index (χ1v) is 6.49. The molecular formula is C12H14O7S.